The maximum atomic E-state index is 12.1. The average Bonchev–Trinajstić information content (AvgIpc) is 2.42. The van der Waals surface area contributed by atoms with Gasteiger partial charge in [-0.3, -0.25) is 14.9 Å². The van der Waals surface area contributed by atoms with Crippen molar-refractivity contribution in [1.29, 1.82) is 0 Å². The number of hydrogen-bond donors (Lipinski definition) is 2. The second-order valence-electron chi connectivity index (χ2n) is 7.83. The molecule has 0 unspecified atom stereocenters. The number of amides is 1. The van der Waals surface area contributed by atoms with Crippen molar-refractivity contribution in [3.63, 3.8) is 0 Å². The first kappa shape index (κ1) is 18.2. The fourth-order valence-corrected chi connectivity index (χ4v) is 3.70. The van der Waals surface area contributed by atoms with E-state index in [9.17, 15) is 14.9 Å². The highest BCUT2D eigenvalue weighted by molar-refractivity contribution is 5.77. The van der Waals surface area contributed by atoms with E-state index in [1.165, 1.54) is 24.3 Å². The van der Waals surface area contributed by atoms with Crippen LogP contribution in [0.5, 0.6) is 5.75 Å². The molecule has 0 aliphatic carbocycles. The predicted octanol–water partition coefficient (Wildman–Crippen LogP) is 1.37. The lowest BCUT2D eigenvalue weighted by Crippen LogP contribution is -3.06. The van der Waals surface area contributed by atoms with Gasteiger partial charge in [0.15, 0.2) is 6.61 Å². The van der Waals surface area contributed by atoms with Gasteiger partial charge in [-0.25, -0.2) is 0 Å². The molecule has 1 fully saturated rings. The van der Waals surface area contributed by atoms with E-state index in [1.54, 1.807) is 0 Å². The van der Waals surface area contributed by atoms with Crippen LogP contribution in [0.1, 0.15) is 40.5 Å². The monoisotopic (exact) mass is 336 g/mol. The number of piperidine rings is 1. The van der Waals surface area contributed by atoms with Gasteiger partial charge in [0, 0.05) is 31.0 Å². The number of carbonyl (C=O) groups excluding carboxylic acids is 1. The second kappa shape index (κ2) is 6.76. The first-order valence-corrected chi connectivity index (χ1v) is 8.10. The molecule has 0 spiro atoms. The number of non-ortho nitro benzene ring substituents is 1. The van der Waals surface area contributed by atoms with Crippen molar-refractivity contribution in [2.24, 2.45) is 0 Å². The Labute approximate surface area is 141 Å². The summed E-state index contributed by atoms with van der Waals surface area (Å²) >= 11 is 0. The molecule has 1 aromatic carbocycles. The molecule has 1 saturated heterocycles. The number of benzene rings is 1. The van der Waals surface area contributed by atoms with Gasteiger partial charge in [0.1, 0.15) is 5.75 Å². The van der Waals surface area contributed by atoms with Gasteiger partial charge in [0.25, 0.3) is 11.6 Å². The predicted molar refractivity (Wildman–Crippen MR) is 89.8 cm³/mol. The number of nitrogens with one attached hydrogen (secondary N) is 1. The number of carbonyl (C=O) groups is 1. The summed E-state index contributed by atoms with van der Waals surface area (Å²) in [5, 5.41) is 16.0. The molecule has 7 heteroatoms. The van der Waals surface area contributed by atoms with Crippen molar-refractivity contribution in [2.75, 3.05) is 6.61 Å². The van der Waals surface area contributed by atoms with Crippen LogP contribution in [0.15, 0.2) is 24.3 Å². The molecular weight excluding hydrogens is 310 g/mol. The molecule has 132 valence electrons. The molecule has 1 amide bonds. The molecule has 2 rings (SSSR count). The standard InChI is InChI=1S/C17H25N3O4/c1-16(2)9-12(10-17(3,4)19-16)18-15(21)11-24-14-7-5-13(6-8-14)20(22)23/h5-8,12,19H,9-11H2,1-4H3,(H,18,21)/p+1. The highest BCUT2D eigenvalue weighted by Crippen LogP contribution is 2.22. The van der Waals surface area contributed by atoms with E-state index in [0.717, 1.165) is 12.8 Å². The first-order valence-electron chi connectivity index (χ1n) is 8.10. The van der Waals surface area contributed by atoms with E-state index >= 15 is 0 Å². The fraction of sp³-hybridized carbons (Fsp3) is 0.588. The number of ether oxygens (including phenoxy) is 1. The summed E-state index contributed by atoms with van der Waals surface area (Å²) in [7, 11) is 0. The van der Waals surface area contributed by atoms with E-state index in [0.29, 0.717) is 5.75 Å². The van der Waals surface area contributed by atoms with Gasteiger partial charge in [0.05, 0.1) is 16.0 Å². The number of quaternary nitrogens is 1. The molecule has 0 radical (unpaired) electrons. The molecule has 0 bridgehead atoms. The third kappa shape index (κ3) is 5.19. The Bertz CT molecular complexity index is 595. The summed E-state index contributed by atoms with van der Waals surface area (Å²) in [6.45, 7) is 8.63. The highest BCUT2D eigenvalue weighted by atomic mass is 16.6. The zero-order chi connectivity index (χ0) is 18.0. The number of nitro benzene ring substituents is 1. The van der Waals surface area contributed by atoms with Gasteiger partial charge in [-0.2, -0.15) is 0 Å². The summed E-state index contributed by atoms with van der Waals surface area (Å²) in [5.41, 5.74) is 0.160. The molecule has 3 N–H and O–H groups in total. The van der Waals surface area contributed by atoms with Gasteiger partial charge < -0.3 is 15.4 Å². The van der Waals surface area contributed by atoms with Crippen LogP contribution < -0.4 is 15.4 Å². The minimum Gasteiger partial charge on any atom is -0.484 e. The molecular formula is C17H26N3O4+. The minimum atomic E-state index is -0.472. The summed E-state index contributed by atoms with van der Waals surface area (Å²) in [6, 6.07) is 5.82. The third-order valence-corrected chi connectivity index (χ3v) is 4.11. The van der Waals surface area contributed by atoms with Gasteiger partial charge in [-0.1, -0.05) is 0 Å². The Balaban J connectivity index is 1.85. The van der Waals surface area contributed by atoms with Crippen LogP contribution in [0.25, 0.3) is 0 Å². The van der Waals surface area contributed by atoms with Crippen molar-refractivity contribution in [2.45, 2.75) is 57.7 Å². The van der Waals surface area contributed by atoms with Crippen molar-refractivity contribution >= 4 is 11.6 Å². The van der Waals surface area contributed by atoms with Crippen LogP contribution in [0.3, 0.4) is 0 Å². The topological polar surface area (TPSA) is 98.1 Å². The molecule has 1 heterocycles. The Hall–Kier alpha value is -2.15. The molecule has 1 aliphatic rings. The molecule has 0 atom stereocenters. The van der Waals surface area contributed by atoms with Crippen LogP contribution in [0, 0.1) is 10.1 Å². The van der Waals surface area contributed by atoms with E-state index < -0.39 is 4.92 Å². The Kier molecular flexibility index (Phi) is 5.13. The van der Waals surface area contributed by atoms with E-state index in [2.05, 4.69) is 38.3 Å². The van der Waals surface area contributed by atoms with Gasteiger partial charge in [0.2, 0.25) is 0 Å². The fourth-order valence-electron chi connectivity index (χ4n) is 3.70. The normalized spacial score (nSPS) is 19.5. The number of nitrogens with zero attached hydrogens (tertiary/aromatic N) is 1. The van der Waals surface area contributed by atoms with E-state index in [-0.39, 0.29) is 35.3 Å². The quantitative estimate of drug-likeness (QED) is 0.627. The number of nitrogens with two attached hydrogens (primary N) is 1. The van der Waals surface area contributed by atoms with Crippen LogP contribution in [-0.2, 0) is 4.79 Å². The average molecular weight is 336 g/mol. The smallest absolute Gasteiger partial charge is 0.269 e. The summed E-state index contributed by atoms with van der Waals surface area (Å²) in [5.74, 6) is 0.264. The maximum absolute atomic E-state index is 12.1. The largest absolute Gasteiger partial charge is 0.484 e. The lowest BCUT2D eigenvalue weighted by molar-refractivity contribution is -0.787. The molecule has 0 saturated carbocycles. The summed E-state index contributed by atoms with van der Waals surface area (Å²) in [4.78, 5) is 22.3. The van der Waals surface area contributed by atoms with E-state index in [4.69, 9.17) is 4.74 Å². The Morgan fingerprint density at radius 3 is 2.29 bits per heavy atom. The van der Waals surface area contributed by atoms with Gasteiger partial charge >= 0.3 is 0 Å². The van der Waals surface area contributed by atoms with Crippen LogP contribution in [0.2, 0.25) is 0 Å². The highest BCUT2D eigenvalue weighted by Gasteiger charge is 2.42. The molecule has 24 heavy (non-hydrogen) atoms. The number of hydrogen-bond acceptors (Lipinski definition) is 4. The van der Waals surface area contributed by atoms with Crippen LogP contribution >= 0.6 is 0 Å². The minimum absolute atomic E-state index is 0.00489. The molecule has 1 aliphatic heterocycles. The molecule has 0 aromatic heterocycles. The lowest BCUT2D eigenvalue weighted by atomic mass is 9.79. The molecule has 1 aromatic rings. The lowest BCUT2D eigenvalue weighted by Gasteiger charge is -2.43. The first-order chi connectivity index (χ1) is 11.1. The van der Waals surface area contributed by atoms with Crippen molar-refractivity contribution < 1.29 is 19.8 Å². The Morgan fingerprint density at radius 2 is 1.79 bits per heavy atom. The summed E-state index contributed by atoms with van der Waals surface area (Å²) in [6.07, 6.45) is 1.80. The van der Waals surface area contributed by atoms with Crippen molar-refractivity contribution in [3.05, 3.63) is 34.4 Å². The molecule has 7 nitrogen and oxygen atoms in total. The number of rotatable bonds is 5. The van der Waals surface area contributed by atoms with Gasteiger partial charge in [-0.15, -0.1) is 0 Å². The SMILES string of the molecule is CC1(C)CC(NC(=O)COc2ccc([N+](=O)[O-])cc2)CC(C)(C)[NH2+]1. The van der Waals surface area contributed by atoms with Crippen LogP contribution in [-0.4, -0.2) is 34.6 Å². The Morgan fingerprint density at radius 1 is 1.25 bits per heavy atom. The van der Waals surface area contributed by atoms with Crippen molar-refractivity contribution in [3.8, 4) is 5.75 Å². The van der Waals surface area contributed by atoms with E-state index in [1.807, 2.05) is 0 Å². The van der Waals surface area contributed by atoms with Crippen LogP contribution in [0.4, 0.5) is 5.69 Å². The second-order valence-corrected chi connectivity index (χ2v) is 7.83. The number of nitro groups is 1. The maximum Gasteiger partial charge on any atom is 0.269 e. The summed E-state index contributed by atoms with van der Waals surface area (Å²) < 4.78 is 5.41. The third-order valence-electron chi connectivity index (χ3n) is 4.11. The van der Waals surface area contributed by atoms with Crippen molar-refractivity contribution in [1.82, 2.24) is 5.32 Å². The zero-order valence-corrected chi connectivity index (χ0v) is 14.7. The zero-order valence-electron chi connectivity index (χ0n) is 14.7. The van der Waals surface area contributed by atoms with Gasteiger partial charge in [-0.05, 0) is 39.8 Å².